The van der Waals surface area contributed by atoms with Crippen molar-refractivity contribution in [2.75, 3.05) is 31.1 Å². The predicted octanol–water partition coefficient (Wildman–Crippen LogP) is 5.03. The molecule has 0 saturated carbocycles. The molecule has 0 atom stereocenters. The van der Waals surface area contributed by atoms with Crippen molar-refractivity contribution in [3.63, 3.8) is 0 Å². The first-order valence-electron chi connectivity index (χ1n) is 8.33. The van der Waals surface area contributed by atoms with Crippen LogP contribution >= 0.6 is 34.8 Å². The molecule has 1 aliphatic heterocycles. The Kier molecular flexibility index (Phi) is 5.41. The summed E-state index contributed by atoms with van der Waals surface area (Å²) in [5, 5.41) is 14.5. The number of anilines is 1. The topological polar surface area (TPSA) is 67.3 Å². The van der Waals surface area contributed by atoms with E-state index in [2.05, 4.69) is 20.5 Å². The Labute approximate surface area is 169 Å². The average molecular weight is 426 g/mol. The summed E-state index contributed by atoms with van der Waals surface area (Å²) in [6.45, 7) is 3.90. The van der Waals surface area contributed by atoms with E-state index in [1.807, 2.05) is 12.1 Å². The highest BCUT2D eigenvalue weighted by Crippen LogP contribution is 2.28. The monoisotopic (exact) mass is 424 g/mol. The molecule has 1 fully saturated rings. The van der Waals surface area contributed by atoms with Crippen molar-refractivity contribution in [3.05, 3.63) is 51.6 Å². The van der Waals surface area contributed by atoms with Gasteiger partial charge < -0.3 is 19.3 Å². The maximum Gasteiger partial charge on any atom is 0.180 e. The Morgan fingerprint density at radius 2 is 1.41 bits per heavy atom. The van der Waals surface area contributed by atoms with Gasteiger partial charge in [0.2, 0.25) is 0 Å². The van der Waals surface area contributed by atoms with Gasteiger partial charge in [-0.2, -0.15) is 0 Å². The van der Waals surface area contributed by atoms with Crippen LogP contribution in [-0.4, -0.2) is 36.5 Å². The third-order valence-electron chi connectivity index (χ3n) is 4.22. The summed E-state index contributed by atoms with van der Waals surface area (Å²) in [5.74, 6) is 0.924. The van der Waals surface area contributed by atoms with Gasteiger partial charge in [-0.3, -0.25) is 0 Å². The number of halogens is 3. The van der Waals surface area contributed by atoms with Crippen LogP contribution in [0.1, 0.15) is 0 Å². The van der Waals surface area contributed by atoms with Gasteiger partial charge in [0.05, 0.1) is 10.8 Å². The summed E-state index contributed by atoms with van der Waals surface area (Å²) >= 11 is 17.3. The Morgan fingerprint density at radius 3 is 2.11 bits per heavy atom. The molecule has 9 heteroatoms. The molecule has 0 bridgehead atoms. The second kappa shape index (κ2) is 7.94. The molecule has 27 heavy (non-hydrogen) atoms. The molecule has 0 radical (unpaired) electrons. The lowest BCUT2D eigenvalue weighted by molar-refractivity contribution is 0.451. The van der Waals surface area contributed by atoms with Crippen LogP contribution in [0.3, 0.4) is 0 Å². The number of piperazine rings is 1. The van der Waals surface area contributed by atoms with Crippen LogP contribution < -0.4 is 10.2 Å². The van der Waals surface area contributed by atoms with E-state index < -0.39 is 0 Å². The van der Waals surface area contributed by atoms with E-state index in [9.17, 15) is 0 Å². The summed E-state index contributed by atoms with van der Waals surface area (Å²) in [4.78, 5) is 2.23. The lowest BCUT2D eigenvalue weighted by Gasteiger charge is -2.26. The van der Waals surface area contributed by atoms with Crippen molar-refractivity contribution < 1.29 is 9.05 Å². The van der Waals surface area contributed by atoms with Gasteiger partial charge in [-0.1, -0.05) is 45.1 Å². The van der Waals surface area contributed by atoms with Crippen molar-refractivity contribution in [1.82, 2.24) is 15.6 Å². The Morgan fingerprint density at radius 1 is 0.815 bits per heavy atom. The molecule has 0 spiro atoms. The largest absolute Gasteiger partial charge is 0.355 e. The number of hydrogen-bond donors (Lipinski definition) is 1. The molecule has 0 amide bonds. The lowest BCUT2D eigenvalue weighted by atomic mass is 10.2. The number of fused-ring (bicyclic) bond motifs is 2. The fraction of sp³-hybridized carbons (Fsp3) is 0.222. The molecule has 6 nitrogen and oxygen atoms in total. The summed E-state index contributed by atoms with van der Waals surface area (Å²) in [5.41, 5.74) is 1.36. The molecule has 2 aromatic carbocycles. The number of benzene rings is 2. The second-order valence-corrected chi connectivity index (χ2v) is 7.23. The minimum atomic E-state index is 0.372. The third kappa shape index (κ3) is 3.99. The summed E-state index contributed by atoms with van der Waals surface area (Å²) < 4.78 is 10.1. The molecule has 5 rings (SSSR count). The Bertz CT molecular complexity index is 1070. The van der Waals surface area contributed by atoms with Crippen LogP contribution in [0, 0.1) is 0 Å². The molecule has 3 heterocycles. The molecule has 1 N–H and O–H groups in total. The van der Waals surface area contributed by atoms with Crippen molar-refractivity contribution in [1.29, 1.82) is 0 Å². The molecule has 2 aromatic heterocycles. The first kappa shape index (κ1) is 18.4. The first-order valence-corrected chi connectivity index (χ1v) is 9.46. The predicted molar refractivity (Wildman–Crippen MR) is 108 cm³/mol. The van der Waals surface area contributed by atoms with Crippen molar-refractivity contribution in [2.45, 2.75) is 0 Å². The summed E-state index contributed by atoms with van der Waals surface area (Å²) in [6, 6.07) is 10.8. The number of nitrogens with zero attached hydrogens (tertiary/aromatic N) is 3. The zero-order chi connectivity index (χ0) is 18.8. The fourth-order valence-electron chi connectivity index (χ4n) is 2.88. The molecular weight excluding hydrogens is 411 g/mol. The molecule has 0 aliphatic carbocycles. The number of rotatable bonds is 1. The quantitative estimate of drug-likeness (QED) is 0.461. The Balaban J connectivity index is 0.000000143. The van der Waals surface area contributed by atoms with E-state index in [0.29, 0.717) is 20.8 Å². The minimum Gasteiger partial charge on any atom is -0.355 e. The zero-order valence-corrected chi connectivity index (χ0v) is 16.4. The van der Waals surface area contributed by atoms with Crippen LogP contribution in [0.15, 0.2) is 45.4 Å². The first-order chi connectivity index (χ1) is 13.1. The van der Waals surface area contributed by atoms with Crippen LogP contribution in [0.5, 0.6) is 0 Å². The molecule has 140 valence electrons. The number of hydrogen-bond acceptors (Lipinski definition) is 6. The average Bonchev–Trinajstić information content (AvgIpc) is 3.26. The SMILES string of the molecule is Clc1ccc2c(Cl)noc2c1.Clc1ccc2c(N3CCNCC3)noc2c1. The van der Waals surface area contributed by atoms with E-state index >= 15 is 0 Å². The van der Waals surface area contributed by atoms with E-state index in [-0.39, 0.29) is 0 Å². The third-order valence-corrected chi connectivity index (χ3v) is 4.96. The van der Waals surface area contributed by atoms with Crippen molar-refractivity contribution in [2.24, 2.45) is 0 Å². The highest BCUT2D eigenvalue weighted by molar-refractivity contribution is 6.35. The highest BCUT2D eigenvalue weighted by Gasteiger charge is 2.17. The van der Waals surface area contributed by atoms with Gasteiger partial charge in [-0.05, 0) is 24.3 Å². The van der Waals surface area contributed by atoms with E-state index in [0.717, 1.165) is 48.4 Å². The van der Waals surface area contributed by atoms with Crippen LogP contribution in [0.25, 0.3) is 21.9 Å². The lowest BCUT2D eigenvalue weighted by Crippen LogP contribution is -2.43. The van der Waals surface area contributed by atoms with Crippen LogP contribution in [0.4, 0.5) is 5.82 Å². The fourth-order valence-corrected chi connectivity index (χ4v) is 3.40. The molecule has 1 aliphatic rings. The standard InChI is InChI=1S/C11H12ClN3O.C7H3Cl2NO/c12-8-1-2-9-10(7-8)16-14-11(9)15-5-3-13-4-6-15;8-4-1-2-5-6(3-4)11-10-7(5)9/h1-2,7,13H,3-6H2;1-3H. The normalized spacial score (nSPS) is 14.4. The van der Waals surface area contributed by atoms with Crippen molar-refractivity contribution >= 4 is 62.6 Å². The van der Waals surface area contributed by atoms with Gasteiger partial charge in [-0.15, -0.1) is 0 Å². The second-order valence-electron chi connectivity index (χ2n) is 6.00. The maximum absolute atomic E-state index is 5.90. The van der Waals surface area contributed by atoms with Crippen LogP contribution in [0.2, 0.25) is 15.2 Å². The minimum absolute atomic E-state index is 0.372. The van der Waals surface area contributed by atoms with Gasteiger partial charge in [0.15, 0.2) is 22.1 Å². The van der Waals surface area contributed by atoms with E-state index in [1.54, 1.807) is 24.3 Å². The smallest absolute Gasteiger partial charge is 0.180 e. The summed E-state index contributed by atoms with van der Waals surface area (Å²) in [6.07, 6.45) is 0. The van der Waals surface area contributed by atoms with Gasteiger partial charge in [0.25, 0.3) is 0 Å². The Hall–Kier alpha value is -1.99. The maximum atomic E-state index is 5.90. The highest BCUT2D eigenvalue weighted by atomic mass is 35.5. The van der Waals surface area contributed by atoms with E-state index in [1.165, 1.54) is 0 Å². The van der Waals surface area contributed by atoms with Gasteiger partial charge in [0.1, 0.15) is 0 Å². The number of aromatic nitrogens is 2. The van der Waals surface area contributed by atoms with E-state index in [4.69, 9.17) is 43.8 Å². The molecule has 0 unspecified atom stereocenters. The van der Waals surface area contributed by atoms with Crippen LogP contribution in [-0.2, 0) is 0 Å². The van der Waals surface area contributed by atoms with Gasteiger partial charge in [0, 0.05) is 48.4 Å². The molecular formula is C18H15Cl3N4O2. The van der Waals surface area contributed by atoms with Gasteiger partial charge in [-0.25, -0.2) is 0 Å². The molecule has 4 aromatic rings. The summed E-state index contributed by atoms with van der Waals surface area (Å²) in [7, 11) is 0. The zero-order valence-electron chi connectivity index (χ0n) is 14.1. The number of nitrogens with one attached hydrogen (secondary N) is 1. The van der Waals surface area contributed by atoms with Gasteiger partial charge >= 0.3 is 0 Å². The molecule has 1 saturated heterocycles. The van der Waals surface area contributed by atoms with Crippen molar-refractivity contribution in [3.8, 4) is 0 Å².